The van der Waals surface area contributed by atoms with Crippen molar-refractivity contribution < 1.29 is 4.42 Å². The number of fused-ring (bicyclic) bond motifs is 2. The minimum atomic E-state index is -0.124. The number of aromatic nitrogens is 2. The smallest absolute Gasteiger partial charge is 0.255 e. The number of aromatic amines is 1. The van der Waals surface area contributed by atoms with Crippen LogP contribution in [0.2, 0.25) is 0 Å². The minimum Gasteiger partial charge on any atom is -0.440 e. The fraction of sp³-hybridized carbons (Fsp3) is 0.278. The van der Waals surface area contributed by atoms with Crippen molar-refractivity contribution in [1.29, 1.82) is 0 Å². The summed E-state index contributed by atoms with van der Waals surface area (Å²) in [5, 5.41) is 0.513. The van der Waals surface area contributed by atoms with E-state index in [1.165, 1.54) is 0 Å². The summed E-state index contributed by atoms with van der Waals surface area (Å²) < 4.78 is 5.59. The second kappa shape index (κ2) is 5.86. The average Bonchev–Trinajstić information content (AvgIpc) is 2.59. The molecule has 0 saturated carbocycles. The first-order valence-corrected chi connectivity index (χ1v) is 8.14. The van der Waals surface area contributed by atoms with Crippen LogP contribution in [-0.4, -0.2) is 21.4 Å². The molecular formula is C18H18N4O3. The molecule has 1 aliphatic rings. The van der Waals surface area contributed by atoms with Crippen molar-refractivity contribution >= 4 is 16.9 Å². The summed E-state index contributed by atoms with van der Waals surface area (Å²) in [7, 11) is 0. The van der Waals surface area contributed by atoms with Gasteiger partial charge in [-0.3, -0.25) is 14.5 Å². The second-order valence-corrected chi connectivity index (χ2v) is 6.31. The zero-order chi connectivity index (χ0) is 17.6. The molecule has 0 spiro atoms. The minimum absolute atomic E-state index is 0.120. The summed E-state index contributed by atoms with van der Waals surface area (Å²) in [6, 6.07) is 7.05. The third-order valence-electron chi connectivity index (χ3n) is 4.57. The summed E-state index contributed by atoms with van der Waals surface area (Å²) in [5.74, 6) is 0.752. The fourth-order valence-electron chi connectivity index (χ4n) is 3.31. The number of aryl methyl sites for hydroxylation is 1. The number of rotatable bonds is 2. The van der Waals surface area contributed by atoms with Crippen molar-refractivity contribution in [1.82, 2.24) is 14.9 Å². The summed E-state index contributed by atoms with van der Waals surface area (Å²) in [6.45, 7) is 3.25. The summed E-state index contributed by atoms with van der Waals surface area (Å²) >= 11 is 0. The van der Waals surface area contributed by atoms with E-state index in [2.05, 4.69) is 9.97 Å². The highest BCUT2D eigenvalue weighted by Crippen LogP contribution is 2.21. The van der Waals surface area contributed by atoms with Gasteiger partial charge in [0.25, 0.3) is 5.56 Å². The highest BCUT2D eigenvalue weighted by molar-refractivity contribution is 5.78. The number of para-hydroxylation sites is 1. The van der Waals surface area contributed by atoms with Crippen LogP contribution in [-0.2, 0) is 19.5 Å². The molecule has 3 aromatic rings. The normalized spacial score (nSPS) is 14.6. The van der Waals surface area contributed by atoms with Gasteiger partial charge in [-0.15, -0.1) is 0 Å². The van der Waals surface area contributed by atoms with Crippen LogP contribution in [0.3, 0.4) is 0 Å². The van der Waals surface area contributed by atoms with Crippen LogP contribution in [0.25, 0.3) is 11.0 Å². The molecule has 0 saturated heterocycles. The van der Waals surface area contributed by atoms with Crippen LogP contribution in [0.1, 0.15) is 22.6 Å². The molecule has 0 amide bonds. The summed E-state index contributed by atoms with van der Waals surface area (Å²) in [6.07, 6.45) is 0.666. The van der Waals surface area contributed by atoms with Gasteiger partial charge in [-0.25, -0.2) is 4.98 Å². The monoisotopic (exact) mass is 338 g/mol. The lowest BCUT2D eigenvalue weighted by Crippen LogP contribution is -2.36. The van der Waals surface area contributed by atoms with E-state index in [1.807, 2.05) is 4.90 Å². The SMILES string of the molecule is Cc1nc2c(c(=O)[nH]1)CN(Cc1c(N)oc3ccccc3c1=O)CC2. The van der Waals surface area contributed by atoms with Gasteiger partial charge in [0.2, 0.25) is 0 Å². The third-order valence-corrected chi connectivity index (χ3v) is 4.57. The molecule has 7 nitrogen and oxygen atoms in total. The van der Waals surface area contributed by atoms with Crippen LogP contribution in [0.15, 0.2) is 38.3 Å². The van der Waals surface area contributed by atoms with Gasteiger partial charge >= 0.3 is 0 Å². The molecule has 0 radical (unpaired) electrons. The van der Waals surface area contributed by atoms with E-state index in [0.29, 0.717) is 54.0 Å². The first-order valence-electron chi connectivity index (χ1n) is 8.14. The molecule has 7 heteroatoms. The molecule has 3 heterocycles. The standard InChI is InChI=1S/C18H18N4O3/c1-10-20-14-6-7-22(8-12(14)18(24)21-10)9-13-16(23)11-4-2-3-5-15(11)25-17(13)19/h2-5H,6-9,19H2,1H3,(H,20,21,24). The Balaban J connectivity index is 1.69. The Morgan fingerprint density at radius 1 is 1.32 bits per heavy atom. The van der Waals surface area contributed by atoms with Gasteiger partial charge in [0, 0.05) is 26.1 Å². The first kappa shape index (κ1) is 15.6. The Morgan fingerprint density at radius 3 is 2.96 bits per heavy atom. The lowest BCUT2D eigenvalue weighted by atomic mass is 10.1. The van der Waals surface area contributed by atoms with Gasteiger partial charge in [-0.05, 0) is 19.1 Å². The number of H-pyrrole nitrogens is 1. The Kier molecular flexibility index (Phi) is 3.65. The number of nitrogens with two attached hydrogens (primary N) is 1. The van der Waals surface area contributed by atoms with E-state index in [-0.39, 0.29) is 16.9 Å². The molecule has 128 valence electrons. The van der Waals surface area contributed by atoms with Crippen LogP contribution in [0, 0.1) is 6.92 Å². The molecule has 1 aliphatic heterocycles. The zero-order valence-electron chi connectivity index (χ0n) is 13.8. The number of nitrogens with zero attached hydrogens (tertiary/aromatic N) is 2. The van der Waals surface area contributed by atoms with E-state index in [0.717, 1.165) is 5.69 Å². The van der Waals surface area contributed by atoms with E-state index in [1.54, 1.807) is 31.2 Å². The number of nitrogen functional groups attached to an aromatic ring is 1. The summed E-state index contributed by atoms with van der Waals surface area (Å²) in [5.41, 5.74) is 8.12. The van der Waals surface area contributed by atoms with Crippen molar-refractivity contribution in [2.75, 3.05) is 12.3 Å². The van der Waals surface area contributed by atoms with Gasteiger partial charge in [-0.2, -0.15) is 0 Å². The largest absolute Gasteiger partial charge is 0.440 e. The van der Waals surface area contributed by atoms with Crippen LogP contribution in [0.5, 0.6) is 0 Å². The molecule has 1 aromatic carbocycles. The molecule has 0 unspecified atom stereocenters. The van der Waals surface area contributed by atoms with Gasteiger partial charge in [0.05, 0.1) is 22.2 Å². The van der Waals surface area contributed by atoms with Crippen LogP contribution >= 0.6 is 0 Å². The average molecular weight is 338 g/mol. The lowest BCUT2D eigenvalue weighted by molar-refractivity contribution is 0.240. The Morgan fingerprint density at radius 2 is 2.12 bits per heavy atom. The topological polar surface area (TPSA) is 105 Å². The van der Waals surface area contributed by atoms with E-state index >= 15 is 0 Å². The maximum atomic E-state index is 12.7. The summed E-state index contributed by atoms with van der Waals surface area (Å²) in [4.78, 5) is 34.1. The molecule has 4 rings (SSSR count). The van der Waals surface area contributed by atoms with Crippen molar-refractivity contribution in [3.8, 4) is 0 Å². The molecule has 3 N–H and O–H groups in total. The lowest BCUT2D eigenvalue weighted by Gasteiger charge is -2.27. The molecular weight excluding hydrogens is 320 g/mol. The number of hydrogen-bond acceptors (Lipinski definition) is 6. The van der Waals surface area contributed by atoms with Crippen molar-refractivity contribution in [2.45, 2.75) is 26.4 Å². The van der Waals surface area contributed by atoms with Gasteiger partial charge < -0.3 is 15.1 Å². The molecule has 0 aliphatic carbocycles. The fourth-order valence-corrected chi connectivity index (χ4v) is 3.31. The molecule has 0 bridgehead atoms. The van der Waals surface area contributed by atoms with Gasteiger partial charge in [0.15, 0.2) is 11.3 Å². The van der Waals surface area contributed by atoms with E-state index in [4.69, 9.17) is 10.2 Å². The van der Waals surface area contributed by atoms with E-state index < -0.39 is 0 Å². The van der Waals surface area contributed by atoms with Crippen molar-refractivity contribution in [3.63, 3.8) is 0 Å². The molecule has 0 atom stereocenters. The Labute approximate surface area is 143 Å². The number of nitrogens with one attached hydrogen (secondary N) is 1. The molecule has 0 fully saturated rings. The highest BCUT2D eigenvalue weighted by Gasteiger charge is 2.23. The molecule has 2 aromatic heterocycles. The third kappa shape index (κ3) is 2.72. The predicted molar refractivity (Wildman–Crippen MR) is 94.3 cm³/mol. The first-order chi connectivity index (χ1) is 12.0. The predicted octanol–water partition coefficient (Wildman–Crippen LogP) is 1.33. The number of anilines is 1. The Hall–Kier alpha value is -2.93. The maximum absolute atomic E-state index is 12.7. The molecule has 25 heavy (non-hydrogen) atoms. The van der Waals surface area contributed by atoms with Gasteiger partial charge in [0.1, 0.15) is 11.4 Å². The highest BCUT2D eigenvalue weighted by atomic mass is 16.3. The van der Waals surface area contributed by atoms with Crippen LogP contribution in [0.4, 0.5) is 5.88 Å². The van der Waals surface area contributed by atoms with Crippen molar-refractivity contribution in [3.05, 3.63) is 67.5 Å². The van der Waals surface area contributed by atoms with Crippen molar-refractivity contribution in [2.24, 2.45) is 0 Å². The number of benzene rings is 1. The van der Waals surface area contributed by atoms with Gasteiger partial charge in [-0.1, -0.05) is 12.1 Å². The number of hydrogen-bond donors (Lipinski definition) is 2. The van der Waals surface area contributed by atoms with E-state index in [9.17, 15) is 9.59 Å². The zero-order valence-corrected chi connectivity index (χ0v) is 13.8. The maximum Gasteiger partial charge on any atom is 0.255 e. The quantitative estimate of drug-likeness (QED) is 0.730. The Bertz CT molecular complexity index is 1080. The second-order valence-electron chi connectivity index (χ2n) is 6.31. The van der Waals surface area contributed by atoms with Crippen LogP contribution < -0.4 is 16.7 Å².